The minimum atomic E-state index is 0.375. The molecule has 3 heteroatoms. The molecule has 1 aliphatic heterocycles. The molecule has 2 fully saturated rings. The van der Waals surface area contributed by atoms with Gasteiger partial charge >= 0.3 is 0 Å². The average Bonchev–Trinajstić information content (AvgIpc) is 2.77. The number of likely N-dealkylation sites (tertiary alicyclic amines) is 1. The van der Waals surface area contributed by atoms with Crippen LogP contribution >= 0.6 is 0 Å². The second-order valence-electron chi connectivity index (χ2n) is 7.71. The van der Waals surface area contributed by atoms with Gasteiger partial charge in [-0.25, -0.2) is 0 Å². The minimum absolute atomic E-state index is 0.375. The molecule has 1 aliphatic carbocycles. The monoisotopic (exact) mass is 268 g/mol. The highest BCUT2D eigenvalue weighted by Gasteiger charge is 2.39. The summed E-state index contributed by atoms with van der Waals surface area (Å²) in [5.74, 6) is 1.53. The van der Waals surface area contributed by atoms with Crippen LogP contribution in [0.15, 0.2) is 0 Å². The van der Waals surface area contributed by atoms with E-state index in [0.29, 0.717) is 23.4 Å². The summed E-state index contributed by atoms with van der Waals surface area (Å²) in [6.07, 6.45) is 5.05. The Hall–Kier alpha value is -0.120. The molecule has 0 bridgehead atoms. The van der Waals surface area contributed by atoms with Gasteiger partial charge in [-0.1, -0.05) is 20.8 Å². The molecule has 1 saturated heterocycles. The molecule has 0 spiro atoms. The van der Waals surface area contributed by atoms with E-state index in [1.165, 1.54) is 38.8 Å². The Kier molecular flexibility index (Phi) is 4.91. The number of nitrogens with zero attached hydrogens (tertiary/aromatic N) is 1. The van der Waals surface area contributed by atoms with Crippen LogP contribution in [0.2, 0.25) is 0 Å². The van der Waals surface area contributed by atoms with Crippen LogP contribution in [-0.4, -0.2) is 43.8 Å². The largest absolute Gasteiger partial charge is 0.384 e. The first-order valence-electron chi connectivity index (χ1n) is 7.90. The van der Waals surface area contributed by atoms with Gasteiger partial charge in [0.15, 0.2) is 0 Å². The van der Waals surface area contributed by atoms with Gasteiger partial charge < -0.3 is 10.5 Å². The average molecular weight is 268 g/mol. The van der Waals surface area contributed by atoms with E-state index in [1.54, 1.807) is 0 Å². The van der Waals surface area contributed by atoms with Crippen LogP contribution in [0.5, 0.6) is 0 Å². The van der Waals surface area contributed by atoms with E-state index in [0.717, 1.165) is 12.5 Å². The predicted molar refractivity (Wildman–Crippen MR) is 80.1 cm³/mol. The van der Waals surface area contributed by atoms with Gasteiger partial charge in [-0.05, 0) is 49.5 Å². The molecule has 112 valence electrons. The Morgan fingerprint density at radius 1 is 1.21 bits per heavy atom. The first-order chi connectivity index (χ1) is 8.91. The fraction of sp³-hybridized carbons (Fsp3) is 1.00. The molecule has 1 saturated carbocycles. The number of ether oxygens (including phenoxy) is 1. The first kappa shape index (κ1) is 15.3. The third-order valence-electron chi connectivity index (χ3n) is 5.28. The molecule has 2 aliphatic rings. The fourth-order valence-electron chi connectivity index (χ4n) is 3.91. The Morgan fingerprint density at radius 2 is 1.95 bits per heavy atom. The van der Waals surface area contributed by atoms with Crippen molar-refractivity contribution >= 4 is 0 Å². The maximum atomic E-state index is 6.41. The lowest BCUT2D eigenvalue weighted by atomic mass is 9.69. The van der Waals surface area contributed by atoms with Crippen LogP contribution in [0.1, 0.15) is 46.5 Å². The summed E-state index contributed by atoms with van der Waals surface area (Å²) in [5, 5.41) is 0. The molecule has 0 amide bonds. The van der Waals surface area contributed by atoms with Crippen molar-refractivity contribution in [3.8, 4) is 0 Å². The van der Waals surface area contributed by atoms with Gasteiger partial charge in [0.2, 0.25) is 0 Å². The maximum Gasteiger partial charge on any atom is 0.0503 e. The zero-order valence-corrected chi connectivity index (χ0v) is 13.2. The lowest BCUT2D eigenvalue weighted by molar-refractivity contribution is 0.0765. The molecular formula is C16H32N2O. The molecule has 4 unspecified atom stereocenters. The zero-order valence-electron chi connectivity index (χ0n) is 13.2. The summed E-state index contributed by atoms with van der Waals surface area (Å²) < 4.78 is 5.31. The molecule has 3 nitrogen and oxygen atoms in total. The van der Waals surface area contributed by atoms with Crippen LogP contribution in [-0.2, 0) is 4.74 Å². The SMILES string of the molecule is COCC1CCN(C2CC(C(C)(C)C)CCC2N)C1. The summed E-state index contributed by atoms with van der Waals surface area (Å²) in [6, 6.07) is 0.972. The number of hydrogen-bond acceptors (Lipinski definition) is 3. The van der Waals surface area contributed by atoms with Crippen molar-refractivity contribution in [3.05, 3.63) is 0 Å². The summed E-state index contributed by atoms with van der Waals surface area (Å²) in [5.41, 5.74) is 6.83. The molecule has 0 aromatic carbocycles. The van der Waals surface area contributed by atoms with E-state index < -0.39 is 0 Å². The van der Waals surface area contributed by atoms with Gasteiger partial charge in [0.25, 0.3) is 0 Å². The Balaban J connectivity index is 1.94. The predicted octanol–water partition coefficient (Wildman–Crippen LogP) is 2.50. The maximum absolute atomic E-state index is 6.41. The van der Waals surface area contributed by atoms with Crippen molar-refractivity contribution in [2.24, 2.45) is 23.0 Å². The van der Waals surface area contributed by atoms with Crippen LogP contribution < -0.4 is 5.73 Å². The van der Waals surface area contributed by atoms with Crippen molar-refractivity contribution < 1.29 is 4.74 Å². The third kappa shape index (κ3) is 3.71. The topological polar surface area (TPSA) is 38.5 Å². The van der Waals surface area contributed by atoms with E-state index in [1.807, 2.05) is 7.11 Å². The van der Waals surface area contributed by atoms with Crippen LogP contribution in [0.4, 0.5) is 0 Å². The molecule has 0 aromatic heterocycles. The van der Waals surface area contributed by atoms with Crippen molar-refractivity contribution in [2.75, 3.05) is 26.8 Å². The van der Waals surface area contributed by atoms with Gasteiger partial charge in [-0.3, -0.25) is 4.90 Å². The fourth-order valence-corrected chi connectivity index (χ4v) is 3.91. The van der Waals surface area contributed by atoms with E-state index in [4.69, 9.17) is 10.5 Å². The van der Waals surface area contributed by atoms with E-state index >= 15 is 0 Å². The molecule has 1 heterocycles. The number of nitrogens with two attached hydrogens (primary N) is 1. The van der Waals surface area contributed by atoms with E-state index in [9.17, 15) is 0 Å². The van der Waals surface area contributed by atoms with Crippen molar-refractivity contribution in [1.29, 1.82) is 0 Å². The summed E-state index contributed by atoms with van der Waals surface area (Å²) >= 11 is 0. The molecule has 2 N–H and O–H groups in total. The normalized spacial score (nSPS) is 37.7. The summed E-state index contributed by atoms with van der Waals surface area (Å²) in [6.45, 7) is 10.4. The van der Waals surface area contributed by atoms with Gasteiger partial charge in [0.05, 0.1) is 6.61 Å². The Morgan fingerprint density at radius 3 is 2.58 bits per heavy atom. The Labute approximate surface area is 118 Å². The zero-order chi connectivity index (χ0) is 14.0. The van der Waals surface area contributed by atoms with Crippen molar-refractivity contribution in [1.82, 2.24) is 4.90 Å². The molecule has 0 radical (unpaired) electrons. The van der Waals surface area contributed by atoms with Crippen LogP contribution in [0.3, 0.4) is 0 Å². The highest BCUT2D eigenvalue weighted by atomic mass is 16.5. The van der Waals surface area contributed by atoms with Crippen LogP contribution in [0, 0.1) is 17.3 Å². The summed E-state index contributed by atoms with van der Waals surface area (Å²) in [4.78, 5) is 2.65. The van der Waals surface area contributed by atoms with E-state index in [2.05, 4.69) is 25.7 Å². The number of rotatable bonds is 3. The molecule has 0 aromatic rings. The van der Waals surface area contributed by atoms with Gasteiger partial charge in [-0.2, -0.15) is 0 Å². The van der Waals surface area contributed by atoms with Gasteiger partial charge in [0.1, 0.15) is 0 Å². The molecular weight excluding hydrogens is 236 g/mol. The molecule has 19 heavy (non-hydrogen) atoms. The lowest BCUT2D eigenvalue weighted by Crippen LogP contribution is -2.52. The highest BCUT2D eigenvalue weighted by molar-refractivity contribution is 4.94. The Bertz CT molecular complexity index is 287. The quantitative estimate of drug-likeness (QED) is 0.854. The van der Waals surface area contributed by atoms with Gasteiger partial charge in [-0.15, -0.1) is 0 Å². The molecule has 2 rings (SSSR count). The smallest absolute Gasteiger partial charge is 0.0503 e. The number of methoxy groups -OCH3 is 1. The van der Waals surface area contributed by atoms with Gasteiger partial charge in [0, 0.05) is 25.7 Å². The van der Waals surface area contributed by atoms with Crippen molar-refractivity contribution in [3.63, 3.8) is 0 Å². The van der Waals surface area contributed by atoms with Crippen LogP contribution in [0.25, 0.3) is 0 Å². The number of hydrogen-bond donors (Lipinski definition) is 1. The second-order valence-corrected chi connectivity index (χ2v) is 7.71. The first-order valence-corrected chi connectivity index (χ1v) is 7.90. The minimum Gasteiger partial charge on any atom is -0.384 e. The van der Waals surface area contributed by atoms with E-state index in [-0.39, 0.29) is 0 Å². The third-order valence-corrected chi connectivity index (χ3v) is 5.28. The molecule has 4 atom stereocenters. The second kappa shape index (κ2) is 6.11. The lowest BCUT2D eigenvalue weighted by Gasteiger charge is -2.44. The van der Waals surface area contributed by atoms with Crippen molar-refractivity contribution in [2.45, 2.75) is 58.5 Å². The highest BCUT2D eigenvalue weighted by Crippen LogP contribution is 2.39. The summed E-state index contributed by atoms with van der Waals surface area (Å²) in [7, 11) is 1.81. The standard InChI is InChI=1S/C16H32N2O/c1-16(2,3)13-5-6-14(17)15(9-13)18-8-7-12(10-18)11-19-4/h12-15H,5-11,17H2,1-4H3.